The SMILES string of the molecule is CCn1cc(C(C)N2CCCC(CC)(C(=O)O)C2)cn1. The monoisotopic (exact) mass is 279 g/mol. The first-order chi connectivity index (χ1) is 9.52. The molecule has 0 aromatic carbocycles. The van der Waals surface area contributed by atoms with Crippen molar-refractivity contribution in [1.29, 1.82) is 0 Å². The largest absolute Gasteiger partial charge is 0.481 e. The van der Waals surface area contributed by atoms with Gasteiger partial charge in [0.1, 0.15) is 0 Å². The van der Waals surface area contributed by atoms with Crippen LogP contribution in [0.15, 0.2) is 12.4 Å². The van der Waals surface area contributed by atoms with E-state index >= 15 is 0 Å². The fourth-order valence-electron chi connectivity index (χ4n) is 3.09. The summed E-state index contributed by atoms with van der Waals surface area (Å²) < 4.78 is 1.92. The molecule has 1 aliphatic rings. The maximum Gasteiger partial charge on any atom is 0.310 e. The van der Waals surface area contributed by atoms with E-state index in [0.29, 0.717) is 13.0 Å². The van der Waals surface area contributed by atoms with Crippen molar-refractivity contribution in [2.75, 3.05) is 13.1 Å². The minimum absolute atomic E-state index is 0.223. The van der Waals surface area contributed by atoms with E-state index in [-0.39, 0.29) is 6.04 Å². The van der Waals surface area contributed by atoms with Gasteiger partial charge in [0.15, 0.2) is 0 Å². The number of carboxylic acids is 1. The summed E-state index contributed by atoms with van der Waals surface area (Å²) in [6, 6.07) is 0.223. The quantitative estimate of drug-likeness (QED) is 0.900. The van der Waals surface area contributed by atoms with Gasteiger partial charge in [-0.25, -0.2) is 0 Å². The first-order valence-corrected chi connectivity index (χ1v) is 7.52. The Balaban J connectivity index is 2.13. The zero-order valence-electron chi connectivity index (χ0n) is 12.7. The highest BCUT2D eigenvalue weighted by atomic mass is 16.4. The lowest BCUT2D eigenvalue weighted by molar-refractivity contribution is -0.153. The van der Waals surface area contributed by atoms with Gasteiger partial charge in [0.2, 0.25) is 0 Å². The van der Waals surface area contributed by atoms with Crippen molar-refractivity contribution < 1.29 is 9.90 Å². The number of rotatable bonds is 5. The van der Waals surface area contributed by atoms with Gasteiger partial charge >= 0.3 is 5.97 Å². The van der Waals surface area contributed by atoms with Crippen LogP contribution in [0.2, 0.25) is 0 Å². The Hall–Kier alpha value is -1.36. The zero-order chi connectivity index (χ0) is 14.8. The molecule has 20 heavy (non-hydrogen) atoms. The van der Waals surface area contributed by atoms with Crippen LogP contribution in [0.1, 0.15) is 51.6 Å². The van der Waals surface area contributed by atoms with E-state index in [9.17, 15) is 9.90 Å². The van der Waals surface area contributed by atoms with Gasteiger partial charge < -0.3 is 5.11 Å². The Labute approximate surface area is 120 Å². The number of aryl methyl sites for hydroxylation is 1. The van der Waals surface area contributed by atoms with Crippen molar-refractivity contribution in [1.82, 2.24) is 14.7 Å². The van der Waals surface area contributed by atoms with Crippen molar-refractivity contribution in [3.05, 3.63) is 18.0 Å². The molecule has 2 rings (SSSR count). The number of hydrogen-bond donors (Lipinski definition) is 1. The molecule has 0 amide bonds. The van der Waals surface area contributed by atoms with E-state index in [2.05, 4.69) is 30.0 Å². The molecule has 1 saturated heterocycles. The predicted molar refractivity (Wildman–Crippen MR) is 77.5 cm³/mol. The van der Waals surface area contributed by atoms with E-state index < -0.39 is 11.4 Å². The maximum absolute atomic E-state index is 11.6. The molecule has 1 aromatic heterocycles. The molecular formula is C15H25N3O2. The molecule has 0 bridgehead atoms. The molecule has 5 heteroatoms. The Morgan fingerprint density at radius 2 is 2.30 bits per heavy atom. The van der Waals surface area contributed by atoms with Gasteiger partial charge in [-0.05, 0) is 39.7 Å². The summed E-state index contributed by atoms with van der Waals surface area (Å²) in [5.74, 6) is -0.652. The number of aromatic nitrogens is 2. The van der Waals surface area contributed by atoms with Crippen molar-refractivity contribution >= 4 is 5.97 Å². The van der Waals surface area contributed by atoms with Gasteiger partial charge in [-0.15, -0.1) is 0 Å². The van der Waals surface area contributed by atoms with Crippen LogP contribution < -0.4 is 0 Å². The fraction of sp³-hybridized carbons (Fsp3) is 0.733. The number of carbonyl (C=O) groups is 1. The summed E-state index contributed by atoms with van der Waals surface area (Å²) in [4.78, 5) is 13.9. The van der Waals surface area contributed by atoms with E-state index in [1.54, 1.807) is 0 Å². The maximum atomic E-state index is 11.6. The summed E-state index contributed by atoms with van der Waals surface area (Å²) in [6.07, 6.45) is 6.40. The zero-order valence-corrected chi connectivity index (χ0v) is 12.7. The topological polar surface area (TPSA) is 58.4 Å². The Morgan fingerprint density at radius 1 is 1.55 bits per heavy atom. The molecule has 0 aliphatic carbocycles. The van der Waals surface area contributed by atoms with E-state index in [0.717, 1.165) is 25.9 Å². The summed E-state index contributed by atoms with van der Waals surface area (Å²) in [7, 11) is 0. The van der Waals surface area contributed by atoms with Gasteiger partial charge in [0, 0.05) is 30.9 Å². The second kappa shape index (κ2) is 5.95. The van der Waals surface area contributed by atoms with Crippen molar-refractivity contribution in [2.45, 2.75) is 52.6 Å². The molecule has 0 spiro atoms. The Bertz CT molecular complexity index is 471. The highest BCUT2D eigenvalue weighted by Gasteiger charge is 2.42. The lowest BCUT2D eigenvalue weighted by Gasteiger charge is -2.42. The van der Waals surface area contributed by atoms with Crippen LogP contribution in [0.4, 0.5) is 0 Å². The minimum atomic E-state index is -0.652. The molecule has 2 heterocycles. The first kappa shape index (κ1) is 15.0. The van der Waals surface area contributed by atoms with Crippen LogP contribution in [-0.2, 0) is 11.3 Å². The average Bonchev–Trinajstić information content (AvgIpc) is 2.95. The standard InChI is InChI=1S/C15H25N3O2/c1-4-15(14(19)20)7-6-8-17(11-15)12(3)13-9-16-18(5-2)10-13/h9-10,12H,4-8,11H2,1-3H3,(H,19,20). The lowest BCUT2D eigenvalue weighted by Crippen LogP contribution is -2.48. The van der Waals surface area contributed by atoms with Crippen molar-refractivity contribution in [3.8, 4) is 0 Å². The number of carboxylic acid groups (broad SMARTS) is 1. The van der Waals surface area contributed by atoms with Crippen molar-refractivity contribution in [3.63, 3.8) is 0 Å². The Morgan fingerprint density at radius 3 is 2.85 bits per heavy atom. The highest BCUT2D eigenvalue weighted by molar-refractivity contribution is 5.75. The number of likely N-dealkylation sites (tertiary alicyclic amines) is 1. The van der Waals surface area contributed by atoms with Crippen LogP contribution in [0.5, 0.6) is 0 Å². The molecule has 1 fully saturated rings. The average molecular weight is 279 g/mol. The minimum Gasteiger partial charge on any atom is -0.481 e. The third-order valence-electron chi connectivity index (χ3n) is 4.74. The molecule has 0 radical (unpaired) electrons. The number of piperidine rings is 1. The first-order valence-electron chi connectivity index (χ1n) is 7.52. The molecule has 1 aliphatic heterocycles. The van der Waals surface area contributed by atoms with Crippen molar-refractivity contribution in [2.24, 2.45) is 5.41 Å². The summed E-state index contributed by atoms with van der Waals surface area (Å²) in [5, 5.41) is 13.9. The molecule has 1 N–H and O–H groups in total. The molecule has 2 atom stereocenters. The second-order valence-electron chi connectivity index (χ2n) is 5.82. The van der Waals surface area contributed by atoms with Gasteiger partial charge in [0.25, 0.3) is 0 Å². The van der Waals surface area contributed by atoms with Crippen LogP contribution in [-0.4, -0.2) is 38.8 Å². The van der Waals surface area contributed by atoms with Gasteiger partial charge in [-0.1, -0.05) is 6.92 Å². The fourth-order valence-corrected chi connectivity index (χ4v) is 3.09. The van der Waals surface area contributed by atoms with E-state index in [1.165, 1.54) is 5.56 Å². The highest BCUT2D eigenvalue weighted by Crippen LogP contribution is 2.37. The predicted octanol–water partition coefficient (Wildman–Crippen LogP) is 2.54. The van der Waals surface area contributed by atoms with E-state index in [4.69, 9.17) is 0 Å². The number of hydrogen-bond acceptors (Lipinski definition) is 3. The van der Waals surface area contributed by atoms with Crippen LogP contribution in [0, 0.1) is 5.41 Å². The van der Waals surface area contributed by atoms with Crippen LogP contribution in [0.25, 0.3) is 0 Å². The molecule has 112 valence electrons. The van der Waals surface area contributed by atoms with E-state index in [1.807, 2.05) is 17.8 Å². The van der Waals surface area contributed by atoms with Gasteiger partial charge in [-0.2, -0.15) is 5.10 Å². The lowest BCUT2D eigenvalue weighted by atomic mass is 9.77. The normalized spacial score (nSPS) is 25.6. The molecule has 0 saturated carbocycles. The molecule has 2 unspecified atom stereocenters. The van der Waals surface area contributed by atoms with Crippen LogP contribution in [0.3, 0.4) is 0 Å². The third kappa shape index (κ3) is 2.73. The smallest absolute Gasteiger partial charge is 0.310 e. The third-order valence-corrected chi connectivity index (χ3v) is 4.74. The van der Waals surface area contributed by atoms with Gasteiger partial charge in [-0.3, -0.25) is 14.4 Å². The summed E-state index contributed by atoms with van der Waals surface area (Å²) in [5.41, 5.74) is 0.594. The number of nitrogens with zero attached hydrogens (tertiary/aromatic N) is 3. The second-order valence-corrected chi connectivity index (χ2v) is 5.82. The molecule has 5 nitrogen and oxygen atoms in total. The molecule has 1 aromatic rings. The Kier molecular flexibility index (Phi) is 4.48. The summed E-state index contributed by atoms with van der Waals surface area (Å²) in [6.45, 7) is 8.66. The summed E-state index contributed by atoms with van der Waals surface area (Å²) >= 11 is 0. The number of aliphatic carboxylic acids is 1. The molecular weight excluding hydrogens is 254 g/mol. The van der Waals surface area contributed by atoms with Gasteiger partial charge in [0.05, 0.1) is 11.6 Å². The van der Waals surface area contributed by atoms with Crippen LogP contribution >= 0.6 is 0 Å².